The lowest BCUT2D eigenvalue weighted by Crippen LogP contribution is -2.51. The number of ether oxygens (including phenoxy) is 1. The molecule has 0 radical (unpaired) electrons. The van der Waals surface area contributed by atoms with E-state index in [2.05, 4.69) is 0 Å². The van der Waals surface area contributed by atoms with Crippen molar-refractivity contribution in [3.63, 3.8) is 0 Å². The number of likely N-dealkylation sites (tertiary alicyclic amines) is 1. The van der Waals surface area contributed by atoms with E-state index >= 15 is 0 Å². The number of thiophene rings is 1. The second kappa shape index (κ2) is 6.13. The summed E-state index contributed by atoms with van der Waals surface area (Å²) in [7, 11) is 1.72. The van der Waals surface area contributed by atoms with E-state index in [0.717, 1.165) is 28.5 Å². The topological polar surface area (TPSA) is 55.6 Å². The standard InChI is InChI=1S/C16H20N2O2S/c1-20-12-6-7-18(11(8-12)9-17)16(19)14-10-21-15-5-3-2-4-13(14)15/h2-5,10-12H,6-9,17H2,1H3. The van der Waals surface area contributed by atoms with Gasteiger partial charge in [-0.1, -0.05) is 18.2 Å². The molecule has 2 unspecified atom stereocenters. The minimum atomic E-state index is 0.0647. The fourth-order valence-electron chi connectivity index (χ4n) is 3.02. The van der Waals surface area contributed by atoms with Gasteiger partial charge < -0.3 is 15.4 Å². The monoisotopic (exact) mass is 304 g/mol. The van der Waals surface area contributed by atoms with E-state index in [-0.39, 0.29) is 18.1 Å². The zero-order chi connectivity index (χ0) is 14.8. The largest absolute Gasteiger partial charge is 0.381 e. The second-order valence-electron chi connectivity index (χ2n) is 5.42. The van der Waals surface area contributed by atoms with Crippen molar-refractivity contribution in [1.29, 1.82) is 0 Å². The van der Waals surface area contributed by atoms with E-state index in [1.165, 1.54) is 0 Å². The van der Waals surface area contributed by atoms with Gasteiger partial charge in [0.25, 0.3) is 5.91 Å². The summed E-state index contributed by atoms with van der Waals surface area (Å²) in [6.45, 7) is 1.19. The Hall–Kier alpha value is -1.43. The van der Waals surface area contributed by atoms with Crippen LogP contribution in [0.15, 0.2) is 29.6 Å². The number of amides is 1. The lowest BCUT2D eigenvalue weighted by Gasteiger charge is -2.38. The van der Waals surface area contributed by atoms with Crippen molar-refractivity contribution in [2.75, 3.05) is 20.2 Å². The van der Waals surface area contributed by atoms with Gasteiger partial charge >= 0.3 is 0 Å². The number of fused-ring (bicyclic) bond motifs is 1. The van der Waals surface area contributed by atoms with Crippen LogP contribution in [0.1, 0.15) is 23.2 Å². The Labute approximate surface area is 128 Å². The average Bonchev–Trinajstić information content (AvgIpc) is 2.97. The molecule has 0 spiro atoms. The van der Waals surface area contributed by atoms with Gasteiger partial charge in [-0.2, -0.15) is 0 Å². The van der Waals surface area contributed by atoms with Gasteiger partial charge in [0.1, 0.15) is 0 Å². The molecule has 0 aliphatic carbocycles. The summed E-state index contributed by atoms with van der Waals surface area (Å²) in [5.41, 5.74) is 6.66. The van der Waals surface area contributed by atoms with Gasteiger partial charge in [-0.15, -0.1) is 11.3 Å². The molecular formula is C16H20N2O2S. The fourth-order valence-corrected chi connectivity index (χ4v) is 3.95. The first-order valence-electron chi connectivity index (χ1n) is 7.24. The Kier molecular flexibility index (Phi) is 4.24. The second-order valence-corrected chi connectivity index (χ2v) is 6.33. The highest BCUT2D eigenvalue weighted by molar-refractivity contribution is 7.17. The zero-order valence-electron chi connectivity index (χ0n) is 12.1. The number of carbonyl (C=O) groups is 1. The SMILES string of the molecule is COC1CCN(C(=O)c2csc3ccccc23)C(CN)C1. The summed E-state index contributed by atoms with van der Waals surface area (Å²) < 4.78 is 6.57. The zero-order valence-corrected chi connectivity index (χ0v) is 12.9. The van der Waals surface area contributed by atoms with Crippen molar-refractivity contribution < 1.29 is 9.53 Å². The summed E-state index contributed by atoms with van der Waals surface area (Å²) in [5, 5.41) is 3.00. The summed E-state index contributed by atoms with van der Waals surface area (Å²) in [6.07, 6.45) is 1.91. The van der Waals surface area contributed by atoms with Crippen LogP contribution in [-0.2, 0) is 4.74 Å². The fraction of sp³-hybridized carbons (Fsp3) is 0.438. The Morgan fingerprint density at radius 2 is 2.29 bits per heavy atom. The van der Waals surface area contributed by atoms with Crippen molar-refractivity contribution in [3.8, 4) is 0 Å². The molecule has 0 saturated carbocycles. The van der Waals surface area contributed by atoms with Crippen molar-refractivity contribution in [3.05, 3.63) is 35.2 Å². The summed E-state index contributed by atoms with van der Waals surface area (Å²) in [6, 6.07) is 8.10. The maximum Gasteiger partial charge on any atom is 0.255 e. The molecule has 1 aliphatic rings. The number of methoxy groups -OCH3 is 1. The Morgan fingerprint density at radius 1 is 1.48 bits per heavy atom. The first-order valence-corrected chi connectivity index (χ1v) is 8.12. The van der Waals surface area contributed by atoms with Crippen LogP contribution in [0.5, 0.6) is 0 Å². The summed E-state index contributed by atoms with van der Waals surface area (Å²) >= 11 is 1.62. The molecular weight excluding hydrogens is 284 g/mol. The molecule has 5 heteroatoms. The number of hydrogen-bond acceptors (Lipinski definition) is 4. The number of nitrogens with two attached hydrogens (primary N) is 1. The van der Waals surface area contributed by atoms with Crippen molar-refractivity contribution in [1.82, 2.24) is 4.90 Å². The van der Waals surface area contributed by atoms with Crippen LogP contribution in [0.25, 0.3) is 10.1 Å². The molecule has 1 saturated heterocycles. The molecule has 2 atom stereocenters. The van der Waals surface area contributed by atoms with E-state index < -0.39 is 0 Å². The van der Waals surface area contributed by atoms with Gasteiger partial charge in [0.05, 0.1) is 11.7 Å². The van der Waals surface area contributed by atoms with Gasteiger partial charge in [0, 0.05) is 41.7 Å². The number of benzene rings is 1. The minimum Gasteiger partial charge on any atom is -0.381 e. The number of carbonyl (C=O) groups excluding carboxylic acids is 1. The number of hydrogen-bond donors (Lipinski definition) is 1. The highest BCUT2D eigenvalue weighted by atomic mass is 32.1. The normalized spacial score (nSPS) is 22.7. The Balaban J connectivity index is 1.87. The minimum absolute atomic E-state index is 0.0647. The van der Waals surface area contributed by atoms with Crippen LogP contribution in [0.3, 0.4) is 0 Å². The van der Waals surface area contributed by atoms with Gasteiger partial charge in [-0.25, -0.2) is 0 Å². The predicted molar refractivity (Wildman–Crippen MR) is 85.7 cm³/mol. The van der Waals surface area contributed by atoms with E-state index in [1.54, 1.807) is 18.4 Å². The van der Waals surface area contributed by atoms with E-state index in [4.69, 9.17) is 10.5 Å². The third kappa shape index (κ3) is 2.69. The lowest BCUT2D eigenvalue weighted by atomic mass is 9.98. The van der Waals surface area contributed by atoms with Gasteiger partial charge in [-0.3, -0.25) is 4.79 Å². The van der Waals surface area contributed by atoms with Crippen LogP contribution in [-0.4, -0.2) is 43.2 Å². The summed E-state index contributed by atoms with van der Waals surface area (Å²) in [4.78, 5) is 14.8. The molecule has 2 aromatic rings. The molecule has 4 nitrogen and oxygen atoms in total. The van der Waals surface area contributed by atoms with Crippen LogP contribution in [0.4, 0.5) is 0 Å². The van der Waals surface area contributed by atoms with Crippen LogP contribution in [0, 0.1) is 0 Å². The van der Waals surface area contributed by atoms with E-state index in [9.17, 15) is 4.79 Å². The Bertz CT molecular complexity index is 640. The van der Waals surface area contributed by atoms with Crippen LogP contribution >= 0.6 is 11.3 Å². The molecule has 2 N–H and O–H groups in total. The quantitative estimate of drug-likeness (QED) is 0.948. The number of nitrogens with zero attached hydrogens (tertiary/aromatic N) is 1. The van der Waals surface area contributed by atoms with Crippen molar-refractivity contribution in [2.24, 2.45) is 5.73 Å². The summed E-state index contributed by atoms with van der Waals surface area (Å²) in [5.74, 6) is 0.0949. The smallest absolute Gasteiger partial charge is 0.255 e. The molecule has 1 aromatic carbocycles. The van der Waals surface area contributed by atoms with Crippen LogP contribution < -0.4 is 5.73 Å². The molecule has 1 fully saturated rings. The molecule has 1 aromatic heterocycles. The molecule has 3 rings (SSSR count). The molecule has 0 bridgehead atoms. The van der Waals surface area contributed by atoms with Gasteiger partial charge in [0.2, 0.25) is 0 Å². The average molecular weight is 304 g/mol. The maximum atomic E-state index is 12.9. The van der Waals surface area contributed by atoms with E-state index in [0.29, 0.717) is 13.1 Å². The van der Waals surface area contributed by atoms with Crippen molar-refractivity contribution >= 4 is 27.3 Å². The molecule has 2 heterocycles. The van der Waals surface area contributed by atoms with Gasteiger partial charge in [0.15, 0.2) is 0 Å². The molecule has 112 valence electrons. The lowest BCUT2D eigenvalue weighted by molar-refractivity contribution is 0.0140. The highest BCUT2D eigenvalue weighted by Gasteiger charge is 2.32. The first-order chi connectivity index (χ1) is 10.2. The predicted octanol–water partition coefficient (Wildman–Crippen LogP) is 2.48. The van der Waals surface area contributed by atoms with E-state index in [1.807, 2.05) is 34.5 Å². The van der Waals surface area contributed by atoms with Crippen LogP contribution in [0.2, 0.25) is 0 Å². The third-order valence-electron chi connectivity index (χ3n) is 4.25. The molecule has 1 amide bonds. The molecule has 21 heavy (non-hydrogen) atoms. The number of piperidine rings is 1. The van der Waals surface area contributed by atoms with Gasteiger partial charge in [-0.05, 0) is 18.9 Å². The molecule has 1 aliphatic heterocycles. The third-order valence-corrected chi connectivity index (χ3v) is 5.21. The highest BCUT2D eigenvalue weighted by Crippen LogP contribution is 2.29. The maximum absolute atomic E-state index is 12.9. The van der Waals surface area contributed by atoms with Crippen molar-refractivity contribution in [2.45, 2.75) is 25.0 Å². The first kappa shape index (κ1) is 14.5. The number of rotatable bonds is 3. The Morgan fingerprint density at radius 3 is 3.05 bits per heavy atom.